The van der Waals surface area contributed by atoms with E-state index in [1.807, 2.05) is 45.0 Å². The number of rotatable bonds is 5. The topological polar surface area (TPSA) is 50.1 Å². The normalized spacial score (nSPS) is 13.0. The van der Waals surface area contributed by atoms with Gasteiger partial charge in [0.25, 0.3) is 0 Å². The van der Waals surface area contributed by atoms with Crippen molar-refractivity contribution in [3.8, 4) is 6.07 Å². The number of benzene rings is 1. The van der Waals surface area contributed by atoms with Crippen LogP contribution in [0.25, 0.3) is 6.08 Å². The molecule has 0 saturated heterocycles. The maximum Gasteiger partial charge on any atom is 0.349 e. The number of hydrogen-bond acceptors (Lipinski definition) is 3. The van der Waals surface area contributed by atoms with E-state index in [9.17, 15) is 4.79 Å². The number of nitriles is 1. The van der Waals surface area contributed by atoms with Crippen molar-refractivity contribution in [3.63, 3.8) is 0 Å². The minimum atomic E-state index is -0.572. The maximum atomic E-state index is 11.8. The highest BCUT2D eigenvalue weighted by Gasteiger charge is 2.12. The quantitative estimate of drug-likeness (QED) is 0.353. The van der Waals surface area contributed by atoms with Crippen LogP contribution in [0.3, 0.4) is 0 Å². The zero-order valence-corrected chi connectivity index (χ0v) is 13.0. The van der Waals surface area contributed by atoms with E-state index in [1.165, 1.54) is 11.6 Å². The van der Waals surface area contributed by atoms with Crippen LogP contribution in [0.1, 0.15) is 37.0 Å². The molecule has 0 N–H and O–H groups in total. The molecule has 0 aliphatic rings. The number of carbonyl (C=O) groups excluding carboxylic acids is 1. The van der Waals surface area contributed by atoms with Crippen molar-refractivity contribution in [2.75, 3.05) is 0 Å². The van der Waals surface area contributed by atoms with E-state index in [-0.39, 0.29) is 11.7 Å². The Morgan fingerprint density at radius 1 is 1.43 bits per heavy atom. The third-order valence-corrected chi connectivity index (χ3v) is 3.20. The van der Waals surface area contributed by atoms with Crippen LogP contribution in [0.4, 0.5) is 0 Å². The number of nitrogens with zero attached hydrogens (tertiary/aromatic N) is 1. The molecule has 1 rings (SSSR count). The van der Waals surface area contributed by atoms with Crippen molar-refractivity contribution in [1.82, 2.24) is 0 Å². The summed E-state index contributed by atoms with van der Waals surface area (Å²) < 4.78 is 5.13. The van der Waals surface area contributed by atoms with E-state index in [4.69, 9.17) is 10.00 Å². The number of aryl methyl sites for hydroxylation is 2. The molecule has 0 aliphatic heterocycles. The summed E-state index contributed by atoms with van der Waals surface area (Å²) in [7, 11) is 0. The van der Waals surface area contributed by atoms with Gasteiger partial charge in [0.1, 0.15) is 11.6 Å². The molecule has 1 unspecified atom stereocenters. The molecule has 0 radical (unpaired) electrons. The molecule has 0 aromatic heterocycles. The fourth-order valence-electron chi connectivity index (χ4n) is 1.67. The first-order valence-corrected chi connectivity index (χ1v) is 7.04. The van der Waals surface area contributed by atoms with E-state index in [0.29, 0.717) is 0 Å². The van der Waals surface area contributed by atoms with Crippen LogP contribution >= 0.6 is 0 Å². The Bertz CT molecular complexity index is 606. The molecule has 0 bridgehead atoms. The lowest BCUT2D eigenvalue weighted by molar-refractivity contribution is -0.143. The number of esters is 1. The van der Waals surface area contributed by atoms with Gasteiger partial charge in [0.15, 0.2) is 0 Å². The van der Waals surface area contributed by atoms with Gasteiger partial charge in [-0.05, 0) is 44.4 Å². The summed E-state index contributed by atoms with van der Waals surface area (Å²) in [5.41, 5.74) is 3.39. The highest BCUT2D eigenvalue weighted by molar-refractivity contribution is 5.93. The Morgan fingerprint density at radius 2 is 2.14 bits per heavy atom. The summed E-state index contributed by atoms with van der Waals surface area (Å²) >= 11 is 0. The Kier molecular flexibility index (Phi) is 6.42. The molecular formula is C18H21NO2. The van der Waals surface area contributed by atoms with Crippen LogP contribution in [0.2, 0.25) is 0 Å². The summed E-state index contributed by atoms with van der Waals surface area (Å²) in [6.07, 6.45) is 5.63. The predicted molar refractivity (Wildman–Crippen MR) is 84.5 cm³/mol. The van der Waals surface area contributed by atoms with E-state index < -0.39 is 5.97 Å². The second kappa shape index (κ2) is 8.06. The largest absolute Gasteiger partial charge is 0.459 e. The van der Waals surface area contributed by atoms with Crippen molar-refractivity contribution in [2.45, 2.75) is 40.2 Å². The van der Waals surface area contributed by atoms with Gasteiger partial charge in [-0.25, -0.2) is 4.79 Å². The smallest absolute Gasteiger partial charge is 0.349 e. The fraction of sp³-hybridized carbons (Fsp3) is 0.333. The third kappa shape index (κ3) is 5.27. The highest BCUT2D eigenvalue weighted by atomic mass is 16.5. The summed E-state index contributed by atoms with van der Waals surface area (Å²) in [5.74, 6) is -0.572. The average Bonchev–Trinajstić information content (AvgIpc) is 2.46. The zero-order valence-electron chi connectivity index (χ0n) is 13.0. The van der Waals surface area contributed by atoms with Crippen molar-refractivity contribution in [1.29, 1.82) is 5.26 Å². The van der Waals surface area contributed by atoms with Crippen molar-refractivity contribution < 1.29 is 9.53 Å². The molecule has 3 nitrogen and oxygen atoms in total. The first kappa shape index (κ1) is 16.7. The van der Waals surface area contributed by atoms with Crippen molar-refractivity contribution >= 4 is 12.0 Å². The predicted octanol–water partition coefficient (Wildman–Crippen LogP) is 4.11. The van der Waals surface area contributed by atoms with E-state index in [2.05, 4.69) is 6.07 Å². The van der Waals surface area contributed by atoms with Crippen LogP contribution in [0.5, 0.6) is 0 Å². The Hall–Kier alpha value is -2.34. The van der Waals surface area contributed by atoms with Gasteiger partial charge >= 0.3 is 5.97 Å². The highest BCUT2D eigenvalue weighted by Crippen LogP contribution is 2.13. The monoisotopic (exact) mass is 283 g/mol. The Morgan fingerprint density at radius 3 is 2.76 bits per heavy atom. The lowest BCUT2D eigenvalue weighted by Crippen LogP contribution is -2.15. The lowest BCUT2D eigenvalue weighted by Gasteiger charge is -2.09. The van der Waals surface area contributed by atoms with Crippen LogP contribution in [0, 0.1) is 25.2 Å². The molecule has 21 heavy (non-hydrogen) atoms. The van der Waals surface area contributed by atoms with Gasteiger partial charge in [-0.3, -0.25) is 0 Å². The van der Waals surface area contributed by atoms with Gasteiger partial charge in [-0.15, -0.1) is 0 Å². The maximum absolute atomic E-state index is 11.8. The molecule has 110 valence electrons. The molecule has 0 spiro atoms. The standard InChI is InChI=1S/C18H21NO2/c1-5-15(4)21-18(20)17(12-19)8-6-7-16-11-13(2)9-10-14(16)3/h6-11,15H,5H2,1-4H3/b7-6+,17-8+. The minimum Gasteiger partial charge on any atom is -0.459 e. The van der Waals surface area contributed by atoms with Crippen LogP contribution in [-0.2, 0) is 9.53 Å². The van der Waals surface area contributed by atoms with Crippen LogP contribution in [0.15, 0.2) is 35.9 Å². The molecule has 0 saturated carbocycles. The SMILES string of the molecule is CCC(C)OC(=O)/C(C#N)=C/C=C/c1cc(C)ccc1C. The van der Waals surface area contributed by atoms with E-state index >= 15 is 0 Å². The van der Waals surface area contributed by atoms with Gasteiger partial charge < -0.3 is 4.74 Å². The van der Waals surface area contributed by atoms with Crippen molar-refractivity contribution in [2.24, 2.45) is 0 Å². The minimum absolute atomic E-state index is 0.0110. The summed E-state index contributed by atoms with van der Waals surface area (Å²) in [4.78, 5) is 11.8. The van der Waals surface area contributed by atoms with Gasteiger partial charge in [-0.2, -0.15) is 5.26 Å². The van der Waals surface area contributed by atoms with Gasteiger partial charge in [-0.1, -0.05) is 42.8 Å². The van der Waals surface area contributed by atoms with Gasteiger partial charge in [0, 0.05) is 0 Å². The molecule has 0 fully saturated rings. The number of allylic oxidation sites excluding steroid dienone is 2. The number of carbonyl (C=O) groups is 1. The Labute approximate surface area is 126 Å². The second-order valence-corrected chi connectivity index (χ2v) is 5.04. The molecule has 1 atom stereocenters. The van der Waals surface area contributed by atoms with Gasteiger partial charge in [0.2, 0.25) is 0 Å². The zero-order chi connectivity index (χ0) is 15.8. The molecule has 0 amide bonds. The molecule has 3 heteroatoms. The molecular weight excluding hydrogens is 262 g/mol. The third-order valence-electron chi connectivity index (χ3n) is 3.20. The molecule has 0 aliphatic carbocycles. The first-order valence-electron chi connectivity index (χ1n) is 7.04. The van der Waals surface area contributed by atoms with Crippen molar-refractivity contribution in [3.05, 3.63) is 52.6 Å². The second-order valence-electron chi connectivity index (χ2n) is 5.04. The molecule has 1 aromatic carbocycles. The van der Waals surface area contributed by atoms with E-state index in [1.54, 1.807) is 13.0 Å². The first-order chi connectivity index (χ1) is 9.97. The van der Waals surface area contributed by atoms with Gasteiger partial charge in [0.05, 0.1) is 6.10 Å². The van der Waals surface area contributed by atoms with Crippen LogP contribution < -0.4 is 0 Å². The summed E-state index contributed by atoms with van der Waals surface area (Å²) in [6.45, 7) is 7.77. The number of ether oxygens (including phenoxy) is 1. The Balaban J connectivity index is 2.85. The van der Waals surface area contributed by atoms with Crippen LogP contribution in [-0.4, -0.2) is 12.1 Å². The van der Waals surface area contributed by atoms with E-state index in [0.717, 1.165) is 17.5 Å². The average molecular weight is 283 g/mol. The summed E-state index contributed by atoms with van der Waals surface area (Å²) in [6, 6.07) is 8.03. The lowest BCUT2D eigenvalue weighted by atomic mass is 10.1. The molecule has 0 heterocycles. The number of hydrogen-bond donors (Lipinski definition) is 0. The molecule has 1 aromatic rings. The fourth-order valence-corrected chi connectivity index (χ4v) is 1.67. The summed E-state index contributed by atoms with van der Waals surface area (Å²) in [5, 5.41) is 9.02.